The lowest BCUT2D eigenvalue weighted by Gasteiger charge is -2.04. The lowest BCUT2D eigenvalue weighted by Crippen LogP contribution is -2.20. The number of esters is 1. The number of carbonyl (C=O) groups is 1. The molecule has 2 aromatic carbocycles. The summed E-state index contributed by atoms with van der Waals surface area (Å²) < 4.78 is 34.3. The average Bonchev–Trinajstić information content (AvgIpc) is 2.26. The summed E-state index contributed by atoms with van der Waals surface area (Å²) >= 11 is 0. The van der Waals surface area contributed by atoms with E-state index in [9.17, 15) is 13.2 Å². The molecule has 2 aromatic rings. The van der Waals surface area contributed by atoms with Crippen molar-refractivity contribution in [2.75, 3.05) is 5.75 Å². The first-order valence-electron chi connectivity index (χ1n) is 5.09. The zero-order valence-electron chi connectivity index (χ0n) is 9.24. The molecule has 0 saturated heterocycles. The normalized spacial score (nSPS) is 11.4. The molecular weight excluding hydrogens is 256 g/mol. The maximum atomic E-state index is 11.2. The first-order valence-corrected chi connectivity index (χ1v) is 6.70. The van der Waals surface area contributed by atoms with Crippen molar-refractivity contribution in [2.45, 2.75) is 0 Å². The summed E-state index contributed by atoms with van der Waals surface area (Å²) in [6.45, 7) is 0. The van der Waals surface area contributed by atoms with E-state index in [-0.39, 0.29) is 5.75 Å². The lowest BCUT2D eigenvalue weighted by molar-refractivity contribution is -0.131. The molecular formula is C12H10O5S. The zero-order chi connectivity index (χ0) is 13.2. The van der Waals surface area contributed by atoms with Gasteiger partial charge in [0.2, 0.25) is 0 Å². The SMILES string of the molecule is O=C(CS(=O)(=O)O)Oc1ccc2ccccc2c1. The van der Waals surface area contributed by atoms with E-state index in [2.05, 4.69) is 0 Å². The number of carbonyl (C=O) groups excluding carboxylic acids is 1. The van der Waals surface area contributed by atoms with Gasteiger partial charge in [0, 0.05) is 0 Å². The lowest BCUT2D eigenvalue weighted by atomic mass is 10.1. The molecule has 0 amide bonds. The number of rotatable bonds is 3. The molecule has 2 rings (SSSR count). The van der Waals surface area contributed by atoms with Gasteiger partial charge in [0.25, 0.3) is 10.1 Å². The second-order valence-corrected chi connectivity index (χ2v) is 5.16. The first kappa shape index (κ1) is 12.5. The summed E-state index contributed by atoms with van der Waals surface area (Å²) in [5.74, 6) is -1.84. The van der Waals surface area contributed by atoms with Crippen LogP contribution in [0.15, 0.2) is 42.5 Å². The molecule has 18 heavy (non-hydrogen) atoms. The maximum absolute atomic E-state index is 11.2. The number of benzene rings is 2. The predicted molar refractivity (Wildman–Crippen MR) is 66.0 cm³/mol. The van der Waals surface area contributed by atoms with Crippen LogP contribution in [0.4, 0.5) is 0 Å². The fourth-order valence-electron chi connectivity index (χ4n) is 1.54. The molecule has 0 aliphatic carbocycles. The van der Waals surface area contributed by atoms with Crippen molar-refractivity contribution in [1.82, 2.24) is 0 Å². The van der Waals surface area contributed by atoms with Crippen molar-refractivity contribution >= 4 is 26.9 Å². The van der Waals surface area contributed by atoms with Crippen LogP contribution in [0.2, 0.25) is 0 Å². The largest absolute Gasteiger partial charge is 0.426 e. The minimum absolute atomic E-state index is 0.238. The van der Waals surface area contributed by atoms with Gasteiger partial charge in [-0.15, -0.1) is 0 Å². The molecule has 1 N–H and O–H groups in total. The van der Waals surface area contributed by atoms with Gasteiger partial charge in [-0.2, -0.15) is 8.42 Å². The number of hydrogen-bond acceptors (Lipinski definition) is 4. The van der Waals surface area contributed by atoms with Gasteiger partial charge < -0.3 is 4.74 Å². The standard InChI is InChI=1S/C12H10O5S/c13-12(8-18(14,15)16)17-11-6-5-9-3-1-2-4-10(9)7-11/h1-7H,8H2,(H,14,15,16). The van der Waals surface area contributed by atoms with Crippen LogP contribution < -0.4 is 4.74 Å². The second-order valence-electron chi connectivity index (χ2n) is 3.71. The van der Waals surface area contributed by atoms with Gasteiger partial charge in [-0.05, 0) is 22.9 Å². The monoisotopic (exact) mass is 266 g/mol. The molecule has 5 nitrogen and oxygen atoms in total. The van der Waals surface area contributed by atoms with Gasteiger partial charge in [-0.3, -0.25) is 9.35 Å². The first-order chi connectivity index (χ1) is 8.44. The van der Waals surface area contributed by atoms with Crippen LogP contribution in [0.3, 0.4) is 0 Å². The zero-order valence-corrected chi connectivity index (χ0v) is 10.1. The van der Waals surface area contributed by atoms with Gasteiger partial charge in [-0.1, -0.05) is 30.3 Å². The molecule has 0 spiro atoms. The summed E-state index contributed by atoms with van der Waals surface area (Å²) in [7, 11) is -4.36. The van der Waals surface area contributed by atoms with Crippen molar-refractivity contribution in [2.24, 2.45) is 0 Å². The summed E-state index contributed by atoms with van der Waals surface area (Å²) in [4.78, 5) is 11.2. The molecule has 0 aromatic heterocycles. The number of fused-ring (bicyclic) bond motifs is 1. The summed E-state index contributed by atoms with van der Waals surface area (Å²) in [6.07, 6.45) is 0. The summed E-state index contributed by atoms with van der Waals surface area (Å²) in [6, 6.07) is 12.4. The van der Waals surface area contributed by atoms with E-state index < -0.39 is 21.8 Å². The van der Waals surface area contributed by atoms with Crippen LogP contribution in [0.1, 0.15) is 0 Å². The van der Waals surface area contributed by atoms with Crippen molar-refractivity contribution in [1.29, 1.82) is 0 Å². The average molecular weight is 266 g/mol. The topological polar surface area (TPSA) is 80.7 Å². The molecule has 0 bridgehead atoms. The number of hydrogen-bond donors (Lipinski definition) is 1. The molecule has 94 valence electrons. The Balaban J connectivity index is 2.20. The van der Waals surface area contributed by atoms with Crippen molar-refractivity contribution in [3.8, 4) is 5.75 Å². The Hall–Kier alpha value is -1.92. The van der Waals surface area contributed by atoms with Crippen molar-refractivity contribution in [3.05, 3.63) is 42.5 Å². The van der Waals surface area contributed by atoms with Gasteiger partial charge >= 0.3 is 5.97 Å². The van der Waals surface area contributed by atoms with E-state index in [4.69, 9.17) is 9.29 Å². The molecule has 0 aliphatic heterocycles. The predicted octanol–water partition coefficient (Wildman–Crippen LogP) is 1.63. The third-order valence-electron chi connectivity index (χ3n) is 2.25. The van der Waals surface area contributed by atoms with Gasteiger partial charge in [0.1, 0.15) is 5.75 Å². The van der Waals surface area contributed by atoms with Crippen LogP contribution >= 0.6 is 0 Å². The van der Waals surface area contributed by atoms with E-state index in [0.717, 1.165) is 10.8 Å². The van der Waals surface area contributed by atoms with Crippen LogP contribution in [0, 0.1) is 0 Å². The highest BCUT2D eigenvalue weighted by molar-refractivity contribution is 7.86. The molecule has 6 heteroatoms. The molecule has 0 heterocycles. The third-order valence-corrected chi connectivity index (χ3v) is 2.85. The minimum atomic E-state index is -4.36. The van der Waals surface area contributed by atoms with E-state index in [1.165, 1.54) is 0 Å². The van der Waals surface area contributed by atoms with E-state index in [0.29, 0.717) is 0 Å². The molecule has 0 aliphatic rings. The van der Waals surface area contributed by atoms with Crippen LogP contribution in [0.25, 0.3) is 10.8 Å². The molecule has 0 radical (unpaired) electrons. The smallest absolute Gasteiger partial charge is 0.329 e. The Morgan fingerprint density at radius 1 is 1.11 bits per heavy atom. The molecule has 0 fully saturated rings. The number of ether oxygens (including phenoxy) is 1. The van der Waals surface area contributed by atoms with Gasteiger partial charge in [0.15, 0.2) is 5.75 Å². The van der Waals surface area contributed by atoms with Crippen LogP contribution in [-0.2, 0) is 14.9 Å². The Morgan fingerprint density at radius 3 is 2.44 bits per heavy atom. The highest BCUT2D eigenvalue weighted by Crippen LogP contribution is 2.20. The Morgan fingerprint density at radius 2 is 1.78 bits per heavy atom. The quantitative estimate of drug-likeness (QED) is 0.519. The van der Waals surface area contributed by atoms with Crippen LogP contribution in [-0.4, -0.2) is 24.7 Å². The fourth-order valence-corrected chi connectivity index (χ4v) is 1.90. The second kappa shape index (κ2) is 4.75. The Labute approximate surface area is 104 Å². The summed E-state index contributed by atoms with van der Waals surface area (Å²) in [5.41, 5.74) is 0. The van der Waals surface area contributed by atoms with Gasteiger partial charge in [-0.25, -0.2) is 0 Å². The molecule has 0 atom stereocenters. The van der Waals surface area contributed by atoms with Crippen molar-refractivity contribution < 1.29 is 22.5 Å². The Kier molecular flexibility index (Phi) is 3.31. The highest BCUT2D eigenvalue weighted by atomic mass is 32.2. The minimum Gasteiger partial charge on any atom is -0.426 e. The fraction of sp³-hybridized carbons (Fsp3) is 0.0833. The maximum Gasteiger partial charge on any atom is 0.329 e. The van der Waals surface area contributed by atoms with E-state index >= 15 is 0 Å². The van der Waals surface area contributed by atoms with E-state index in [1.807, 2.05) is 24.3 Å². The molecule has 0 unspecified atom stereocenters. The molecule has 0 saturated carbocycles. The Bertz CT molecular complexity index is 690. The van der Waals surface area contributed by atoms with E-state index in [1.54, 1.807) is 18.2 Å². The highest BCUT2D eigenvalue weighted by Gasteiger charge is 2.15. The van der Waals surface area contributed by atoms with Crippen LogP contribution in [0.5, 0.6) is 5.75 Å². The summed E-state index contributed by atoms with van der Waals surface area (Å²) in [5, 5.41) is 1.85. The van der Waals surface area contributed by atoms with Crippen molar-refractivity contribution in [3.63, 3.8) is 0 Å². The third kappa shape index (κ3) is 3.28. The van der Waals surface area contributed by atoms with Gasteiger partial charge in [0.05, 0.1) is 0 Å².